The largest absolute Gasteiger partial charge is 0.350 e. The molecule has 0 bridgehead atoms. The molecule has 1 aliphatic carbocycles. The van der Waals surface area contributed by atoms with Crippen molar-refractivity contribution < 1.29 is 9.53 Å². The summed E-state index contributed by atoms with van der Waals surface area (Å²) in [5.41, 5.74) is -0.927. The van der Waals surface area contributed by atoms with Gasteiger partial charge in [0.05, 0.1) is 0 Å². The van der Waals surface area contributed by atoms with Crippen molar-refractivity contribution in [3.8, 4) is 0 Å². The Morgan fingerprint density at radius 2 is 2.08 bits per heavy atom. The summed E-state index contributed by atoms with van der Waals surface area (Å²) in [6, 6.07) is 0. The smallest absolute Gasteiger partial charge is 0.162 e. The second-order valence-electron chi connectivity index (χ2n) is 4.55. The lowest BCUT2D eigenvalue weighted by atomic mass is 9.68. The molecule has 0 aromatic carbocycles. The molecule has 2 heteroatoms. The number of hydrogen-bond donors (Lipinski definition) is 0. The van der Waals surface area contributed by atoms with Crippen molar-refractivity contribution >= 4 is 6.29 Å². The molecule has 0 radical (unpaired) electrons. The fraction of sp³-hybridized carbons (Fsp3) is 0.700. The number of ether oxygens (including phenoxy) is 1. The van der Waals surface area contributed by atoms with Crippen LogP contribution in [0.3, 0.4) is 0 Å². The minimum absolute atomic E-state index is 0.0573. The molecule has 0 N–H and O–H groups in total. The highest BCUT2D eigenvalue weighted by atomic mass is 16.6. The van der Waals surface area contributed by atoms with Crippen LogP contribution in [-0.2, 0) is 9.53 Å². The van der Waals surface area contributed by atoms with Crippen LogP contribution in [0, 0.1) is 5.41 Å². The van der Waals surface area contributed by atoms with Crippen molar-refractivity contribution in [2.75, 3.05) is 0 Å². The lowest BCUT2D eigenvalue weighted by Gasteiger charge is -2.31. The Hall–Kier alpha value is -0.630. The SMILES string of the molecule is CC1(C)CC=CC2(C)OC12C=O. The Morgan fingerprint density at radius 3 is 2.50 bits per heavy atom. The fourth-order valence-corrected chi connectivity index (χ4v) is 2.31. The molecular formula is C10H14O2. The predicted octanol–water partition coefficient (Wildman–Crippen LogP) is 1.70. The van der Waals surface area contributed by atoms with Gasteiger partial charge >= 0.3 is 0 Å². The fourth-order valence-electron chi connectivity index (χ4n) is 2.31. The van der Waals surface area contributed by atoms with E-state index in [0.29, 0.717) is 0 Å². The molecule has 1 aliphatic heterocycles. The van der Waals surface area contributed by atoms with Gasteiger partial charge in [0.25, 0.3) is 0 Å². The minimum Gasteiger partial charge on any atom is -0.350 e. The summed E-state index contributed by atoms with van der Waals surface area (Å²) in [5, 5.41) is 0. The molecule has 1 heterocycles. The van der Waals surface area contributed by atoms with Crippen molar-refractivity contribution in [3.63, 3.8) is 0 Å². The first kappa shape index (κ1) is 7.99. The maximum Gasteiger partial charge on any atom is 0.162 e. The number of hydrogen-bond acceptors (Lipinski definition) is 2. The van der Waals surface area contributed by atoms with Gasteiger partial charge in [-0.25, -0.2) is 0 Å². The van der Waals surface area contributed by atoms with Crippen LogP contribution in [0.1, 0.15) is 27.2 Å². The van der Waals surface area contributed by atoms with Crippen molar-refractivity contribution in [1.82, 2.24) is 0 Å². The van der Waals surface area contributed by atoms with E-state index in [4.69, 9.17) is 4.74 Å². The Kier molecular flexibility index (Phi) is 1.21. The Balaban J connectivity index is 2.46. The van der Waals surface area contributed by atoms with E-state index in [1.165, 1.54) is 0 Å². The lowest BCUT2D eigenvalue weighted by molar-refractivity contribution is -0.116. The molecule has 2 aliphatic rings. The highest BCUT2D eigenvalue weighted by Gasteiger charge is 2.73. The van der Waals surface area contributed by atoms with Crippen LogP contribution in [0.25, 0.3) is 0 Å². The first-order valence-corrected chi connectivity index (χ1v) is 4.32. The monoisotopic (exact) mass is 166 g/mol. The second-order valence-corrected chi connectivity index (χ2v) is 4.55. The standard InChI is InChI=1S/C10H14O2/c1-8(2)5-4-6-9(3)10(8,7-11)12-9/h4,6-7H,5H2,1-3H3. The molecule has 1 saturated heterocycles. The Bertz CT molecular complexity index is 267. The predicted molar refractivity (Wildman–Crippen MR) is 45.8 cm³/mol. The van der Waals surface area contributed by atoms with Gasteiger partial charge in [-0.05, 0) is 13.3 Å². The van der Waals surface area contributed by atoms with Crippen LogP contribution < -0.4 is 0 Å². The Labute approximate surface area is 72.6 Å². The zero-order valence-electron chi connectivity index (χ0n) is 7.76. The molecule has 0 saturated carbocycles. The van der Waals surface area contributed by atoms with Crippen LogP contribution in [-0.4, -0.2) is 17.5 Å². The first-order chi connectivity index (χ1) is 5.47. The molecule has 0 amide bonds. The molecule has 0 aromatic rings. The third-order valence-electron chi connectivity index (χ3n) is 3.30. The van der Waals surface area contributed by atoms with Crippen molar-refractivity contribution in [2.45, 2.75) is 38.4 Å². The van der Waals surface area contributed by atoms with E-state index in [0.717, 1.165) is 12.7 Å². The second kappa shape index (κ2) is 1.82. The number of epoxide rings is 1. The summed E-state index contributed by atoms with van der Waals surface area (Å²) in [5.74, 6) is 0. The topological polar surface area (TPSA) is 29.6 Å². The zero-order chi connectivity index (χ0) is 9.04. The summed E-state index contributed by atoms with van der Waals surface area (Å²) in [7, 11) is 0. The molecule has 0 spiro atoms. The van der Waals surface area contributed by atoms with Crippen LogP contribution in [0.2, 0.25) is 0 Å². The highest BCUT2D eigenvalue weighted by Crippen LogP contribution is 2.61. The van der Waals surface area contributed by atoms with Gasteiger partial charge in [-0.1, -0.05) is 26.0 Å². The summed E-state index contributed by atoms with van der Waals surface area (Å²) in [6.45, 7) is 6.13. The van der Waals surface area contributed by atoms with E-state index in [2.05, 4.69) is 19.9 Å². The highest BCUT2D eigenvalue weighted by molar-refractivity contribution is 5.74. The van der Waals surface area contributed by atoms with E-state index >= 15 is 0 Å². The maximum absolute atomic E-state index is 11.0. The minimum atomic E-state index is -0.547. The third-order valence-corrected chi connectivity index (χ3v) is 3.30. The van der Waals surface area contributed by atoms with Gasteiger partial charge in [0.15, 0.2) is 11.9 Å². The van der Waals surface area contributed by atoms with Crippen molar-refractivity contribution in [3.05, 3.63) is 12.2 Å². The van der Waals surface area contributed by atoms with Crippen LogP contribution in [0.15, 0.2) is 12.2 Å². The Morgan fingerprint density at radius 1 is 1.42 bits per heavy atom. The van der Waals surface area contributed by atoms with E-state index in [9.17, 15) is 4.79 Å². The van der Waals surface area contributed by atoms with Crippen LogP contribution in [0.5, 0.6) is 0 Å². The molecule has 1 fully saturated rings. The quantitative estimate of drug-likeness (QED) is 0.337. The van der Waals surface area contributed by atoms with E-state index < -0.39 is 5.60 Å². The first-order valence-electron chi connectivity index (χ1n) is 4.32. The normalized spacial score (nSPS) is 48.2. The number of fused-ring (bicyclic) bond motifs is 1. The molecule has 0 aromatic heterocycles. The molecule has 66 valence electrons. The number of rotatable bonds is 1. The lowest BCUT2D eigenvalue weighted by Crippen LogP contribution is -2.41. The third kappa shape index (κ3) is 0.626. The van der Waals surface area contributed by atoms with Gasteiger partial charge in [0.1, 0.15) is 5.60 Å². The molecular weight excluding hydrogens is 152 g/mol. The van der Waals surface area contributed by atoms with Crippen LogP contribution in [0.4, 0.5) is 0 Å². The van der Waals surface area contributed by atoms with Gasteiger partial charge in [-0.3, -0.25) is 4.79 Å². The van der Waals surface area contributed by atoms with E-state index in [-0.39, 0.29) is 11.0 Å². The zero-order valence-corrected chi connectivity index (χ0v) is 7.76. The summed E-state index contributed by atoms with van der Waals surface area (Å²) >= 11 is 0. The summed E-state index contributed by atoms with van der Waals surface area (Å²) in [6.07, 6.45) is 6.00. The molecule has 2 nitrogen and oxygen atoms in total. The van der Waals surface area contributed by atoms with Gasteiger partial charge in [-0.15, -0.1) is 0 Å². The van der Waals surface area contributed by atoms with E-state index in [1.807, 2.05) is 13.0 Å². The van der Waals surface area contributed by atoms with Crippen LogP contribution >= 0.6 is 0 Å². The maximum atomic E-state index is 11.0. The average molecular weight is 166 g/mol. The van der Waals surface area contributed by atoms with Gasteiger partial charge in [-0.2, -0.15) is 0 Å². The van der Waals surface area contributed by atoms with Gasteiger partial charge < -0.3 is 4.74 Å². The summed E-state index contributed by atoms with van der Waals surface area (Å²) in [4.78, 5) is 11.0. The summed E-state index contributed by atoms with van der Waals surface area (Å²) < 4.78 is 5.56. The van der Waals surface area contributed by atoms with Gasteiger partial charge in [0, 0.05) is 5.41 Å². The molecule has 2 atom stereocenters. The molecule has 2 rings (SSSR count). The average Bonchev–Trinajstić information content (AvgIpc) is 2.58. The van der Waals surface area contributed by atoms with Crippen molar-refractivity contribution in [2.24, 2.45) is 5.41 Å². The molecule has 12 heavy (non-hydrogen) atoms. The number of aldehydes is 1. The number of carbonyl (C=O) groups is 1. The van der Waals surface area contributed by atoms with E-state index in [1.54, 1.807) is 0 Å². The molecule has 2 unspecified atom stereocenters. The number of carbonyl (C=O) groups excluding carboxylic acids is 1. The number of allylic oxidation sites excluding steroid dienone is 1. The van der Waals surface area contributed by atoms with Crippen molar-refractivity contribution in [1.29, 1.82) is 0 Å². The van der Waals surface area contributed by atoms with Gasteiger partial charge in [0.2, 0.25) is 0 Å².